The molecule has 2 aromatic carbocycles. The van der Waals surface area contributed by atoms with E-state index in [4.69, 9.17) is 16.2 Å². The fourth-order valence-electron chi connectivity index (χ4n) is 2.56. The van der Waals surface area contributed by atoms with E-state index in [1.807, 2.05) is 6.92 Å². The van der Waals surface area contributed by atoms with Crippen molar-refractivity contribution in [2.24, 2.45) is 10.7 Å². The zero-order chi connectivity index (χ0) is 22.1. The van der Waals surface area contributed by atoms with Crippen molar-refractivity contribution >= 4 is 39.5 Å². The Morgan fingerprint density at radius 1 is 1.23 bits per heavy atom. The Labute approximate surface area is 175 Å². The number of hydrogen-bond acceptors (Lipinski definition) is 5. The fraction of sp³-hybridized carbons (Fsp3) is 0.250. The zero-order valence-electron chi connectivity index (χ0n) is 16.6. The first-order valence-corrected chi connectivity index (χ1v) is 10.8. The second-order valence-electron chi connectivity index (χ2n) is 6.57. The Morgan fingerprint density at radius 2 is 1.90 bits per heavy atom. The Hall–Kier alpha value is -3.24. The predicted octanol–water partition coefficient (Wildman–Crippen LogP) is 2.02. The normalized spacial score (nSPS) is 12.8. The van der Waals surface area contributed by atoms with E-state index in [0.717, 1.165) is 12.8 Å². The molecule has 0 aromatic heterocycles. The molecule has 0 aliphatic carbocycles. The van der Waals surface area contributed by atoms with Gasteiger partial charge in [-0.15, -0.1) is 4.99 Å². The lowest BCUT2D eigenvalue weighted by Crippen LogP contribution is -2.31. The van der Waals surface area contributed by atoms with Gasteiger partial charge >= 0.3 is 5.90 Å². The molecule has 160 valence electrons. The Balaban J connectivity index is 2.18. The summed E-state index contributed by atoms with van der Waals surface area (Å²) in [7, 11) is -3.91. The Kier molecular flexibility index (Phi) is 8.07. The number of carbonyl (C=O) groups is 1. The molecule has 2 aromatic rings. The molecule has 10 heteroatoms. The number of nitrogens with one attached hydrogen (secondary N) is 3. The van der Waals surface area contributed by atoms with E-state index in [2.05, 4.69) is 15.0 Å². The molecule has 0 radical (unpaired) electrons. The lowest BCUT2D eigenvalue weighted by atomic mass is 10.1. The molecule has 0 bridgehead atoms. The highest BCUT2D eigenvalue weighted by Crippen LogP contribution is 2.19. The molecule has 0 saturated carbocycles. The van der Waals surface area contributed by atoms with Crippen molar-refractivity contribution in [3.8, 4) is 0 Å². The lowest BCUT2D eigenvalue weighted by molar-refractivity contribution is -0.105. The van der Waals surface area contributed by atoms with Crippen LogP contribution in [0.5, 0.6) is 0 Å². The van der Waals surface area contributed by atoms with Crippen LogP contribution in [-0.4, -0.2) is 37.7 Å². The summed E-state index contributed by atoms with van der Waals surface area (Å²) in [6.45, 7) is 2.02. The molecule has 9 nitrogen and oxygen atoms in total. The van der Waals surface area contributed by atoms with Crippen molar-refractivity contribution in [1.29, 1.82) is 5.41 Å². The Bertz CT molecular complexity index is 1020. The van der Waals surface area contributed by atoms with Gasteiger partial charge in [0.05, 0.1) is 4.90 Å². The fourth-order valence-corrected chi connectivity index (χ4v) is 3.66. The van der Waals surface area contributed by atoms with E-state index in [1.165, 1.54) is 30.3 Å². The summed E-state index contributed by atoms with van der Waals surface area (Å²) in [4.78, 5) is 14.3. The number of sulfonamides is 1. The van der Waals surface area contributed by atoms with Crippen LogP contribution in [0, 0.1) is 5.41 Å². The van der Waals surface area contributed by atoms with E-state index >= 15 is 0 Å². The van der Waals surface area contributed by atoms with Crippen LogP contribution in [0.2, 0.25) is 0 Å². The van der Waals surface area contributed by atoms with Crippen LogP contribution in [0.4, 0.5) is 11.4 Å². The number of carbonyl (C=O) groups excluding carboxylic acids is 1. The van der Waals surface area contributed by atoms with Gasteiger partial charge in [0.15, 0.2) is 5.84 Å². The molecule has 0 saturated heterocycles. The third-order valence-electron chi connectivity index (χ3n) is 4.23. The molecular weight excluding hydrogens is 406 g/mol. The number of aliphatic imine (C=N–C) groups is 1. The molecule has 1 amide bonds. The highest BCUT2D eigenvalue weighted by molar-refractivity contribution is 7.92. The number of nitrogens with zero attached hydrogens (tertiary/aromatic N) is 1. The van der Waals surface area contributed by atoms with Gasteiger partial charge in [0.2, 0.25) is 6.41 Å². The average Bonchev–Trinajstić information content (AvgIpc) is 2.73. The predicted molar refractivity (Wildman–Crippen MR) is 119 cm³/mol. The summed E-state index contributed by atoms with van der Waals surface area (Å²) in [6.07, 6.45) is 2.94. The van der Waals surface area contributed by atoms with Crippen molar-refractivity contribution in [3.63, 3.8) is 0 Å². The van der Waals surface area contributed by atoms with E-state index in [0.29, 0.717) is 24.2 Å². The average molecular weight is 433 g/mol. The van der Waals surface area contributed by atoms with Crippen LogP contribution in [0.3, 0.4) is 0 Å². The largest absolute Gasteiger partial charge is 0.581 e. The molecule has 0 aliphatic heterocycles. The van der Waals surface area contributed by atoms with E-state index in [9.17, 15) is 13.2 Å². The quantitative estimate of drug-likeness (QED) is 0.196. The van der Waals surface area contributed by atoms with Gasteiger partial charge in [0, 0.05) is 16.9 Å². The molecular formula is C20H26N5O4S+. The van der Waals surface area contributed by atoms with Crippen molar-refractivity contribution in [2.75, 3.05) is 10.0 Å². The number of hydrogen-bond donors (Lipinski definition) is 4. The van der Waals surface area contributed by atoms with Gasteiger partial charge in [-0.25, -0.2) is 8.42 Å². The van der Waals surface area contributed by atoms with Gasteiger partial charge in [0.25, 0.3) is 10.0 Å². The number of amides is 1. The molecule has 0 fully saturated rings. The standard InChI is InChI=1S/C20H25N5O4S/c1-2-3-7-18(21)20(27)24-19(22)14-5-4-6-17(12-14)30(28,29)25-16-10-8-15(9-11-16)23-13-26/h4-6,8-13,18,25H,2-3,7,21H2,1H3,(H,23,26)(H2,22,24,27)/p+1/t18-/m0/s1. The second-order valence-corrected chi connectivity index (χ2v) is 8.25. The van der Waals surface area contributed by atoms with Crippen LogP contribution in [0.25, 0.3) is 0 Å². The molecule has 0 spiro atoms. The minimum Gasteiger partial charge on any atom is -0.581 e. The van der Waals surface area contributed by atoms with Crippen molar-refractivity contribution in [1.82, 2.24) is 0 Å². The highest BCUT2D eigenvalue weighted by atomic mass is 32.2. The first-order chi connectivity index (χ1) is 14.3. The maximum absolute atomic E-state index is 12.7. The maximum atomic E-state index is 12.7. The van der Waals surface area contributed by atoms with Crippen LogP contribution < -0.4 is 15.8 Å². The van der Waals surface area contributed by atoms with Gasteiger partial charge in [-0.2, -0.15) is 0 Å². The number of unbranched alkanes of at least 4 members (excludes halogenated alkanes) is 1. The van der Waals surface area contributed by atoms with E-state index in [1.54, 1.807) is 18.2 Å². The van der Waals surface area contributed by atoms with Crippen LogP contribution in [0.1, 0.15) is 31.7 Å². The third kappa shape index (κ3) is 6.39. The van der Waals surface area contributed by atoms with E-state index in [-0.39, 0.29) is 22.2 Å². The molecule has 7 N–H and O–H groups in total. The maximum Gasteiger partial charge on any atom is 0.350 e. The van der Waals surface area contributed by atoms with Crippen molar-refractivity contribution < 1.29 is 18.3 Å². The van der Waals surface area contributed by atoms with Gasteiger partial charge in [-0.3, -0.25) is 14.9 Å². The monoisotopic (exact) mass is 432 g/mol. The van der Waals surface area contributed by atoms with Crippen LogP contribution in [-0.2, 0) is 14.8 Å². The highest BCUT2D eigenvalue weighted by Gasteiger charge is 2.18. The summed E-state index contributed by atoms with van der Waals surface area (Å²) >= 11 is 0. The summed E-state index contributed by atoms with van der Waals surface area (Å²) < 4.78 is 27.8. The number of rotatable bonds is 10. The Morgan fingerprint density at radius 3 is 2.53 bits per heavy atom. The molecule has 0 aliphatic rings. The summed E-state index contributed by atoms with van der Waals surface area (Å²) in [6, 6.07) is 11.4. The van der Waals surface area contributed by atoms with Gasteiger partial charge in [0.1, 0.15) is 6.04 Å². The molecule has 0 heterocycles. The number of nitrogens with two attached hydrogens (primary N) is 1. The lowest BCUT2D eigenvalue weighted by Gasteiger charge is -2.10. The third-order valence-corrected chi connectivity index (χ3v) is 5.61. The summed E-state index contributed by atoms with van der Waals surface area (Å²) in [5.74, 6) is -0.336. The summed E-state index contributed by atoms with van der Waals surface area (Å²) in [5, 5.41) is 18.5. The first kappa shape index (κ1) is 23.0. The van der Waals surface area contributed by atoms with Gasteiger partial charge in [-0.1, -0.05) is 31.9 Å². The number of anilines is 2. The van der Waals surface area contributed by atoms with Gasteiger partial charge < -0.3 is 16.2 Å². The SMILES string of the molecule is CCCC[C@H](N)C([OH2+])=NC(=N)c1cccc(S(=O)(=O)Nc2ccc(NC=O)cc2)c1. The van der Waals surface area contributed by atoms with Crippen LogP contribution in [0.15, 0.2) is 58.4 Å². The number of benzene rings is 2. The molecule has 2 rings (SSSR count). The van der Waals surface area contributed by atoms with Gasteiger partial charge in [-0.05, 0) is 42.8 Å². The minimum atomic E-state index is -3.91. The second kappa shape index (κ2) is 10.5. The summed E-state index contributed by atoms with van der Waals surface area (Å²) in [5.41, 5.74) is 7.01. The minimum absolute atomic E-state index is 0.0446. The van der Waals surface area contributed by atoms with Crippen molar-refractivity contribution in [3.05, 3.63) is 54.1 Å². The topological polar surface area (TPSA) is 160 Å². The number of amidine groups is 1. The van der Waals surface area contributed by atoms with Crippen LogP contribution >= 0.6 is 0 Å². The van der Waals surface area contributed by atoms with E-state index < -0.39 is 16.1 Å². The molecule has 30 heavy (non-hydrogen) atoms. The molecule has 0 unspecified atom stereocenters. The first-order valence-electron chi connectivity index (χ1n) is 9.34. The van der Waals surface area contributed by atoms with Crippen molar-refractivity contribution in [2.45, 2.75) is 37.1 Å². The zero-order valence-corrected chi connectivity index (χ0v) is 17.4. The smallest absolute Gasteiger partial charge is 0.350 e. The molecule has 1 atom stereocenters.